The lowest BCUT2D eigenvalue weighted by Crippen LogP contribution is -2.10. The van der Waals surface area contributed by atoms with E-state index in [1.807, 2.05) is 32.3 Å². The van der Waals surface area contributed by atoms with Crippen LogP contribution in [-0.2, 0) is 6.54 Å². The van der Waals surface area contributed by atoms with Crippen molar-refractivity contribution in [3.8, 4) is 0 Å². The molecule has 1 aromatic carbocycles. The molecule has 2 nitrogen and oxygen atoms in total. The lowest BCUT2D eigenvalue weighted by molar-refractivity contribution is 0.402. The van der Waals surface area contributed by atoms with Crippen LogP contribution < -0.4 is 0 Å². The number of rotatable bonds is 3. The second-order valence-corrected chi connectivity index (χ2v) is 3.13. The summed E-state index contributed by atoms with van der Waals surface area (Å²) in [5.74, 6) is 0. The van der Waals surface area contributed by atoms with Gasteiger partial charge < -0.3 is 10.3 Å². The second kappa shape index (κ2) is 4.02. The van der Waals surface area contributed by atoms with Gasteiger partial charge in [0.15, 0.2) is 0 Å². The molecule has 0 unspecified atom stereocenters. The molecule has 0 bridgehead atoms. The summed E-state index contributed by atoms with van der Waals surface area (Å²) in [5.41, 5.74) is 2.22. The van der Waals surface area contributed by atoms with Crippen molar-refractivity contribution in [2.24, 2.45) is 0 Å². The molecule has 1 aromatic rings. The molecule has 0 fully saturated rings. The first kappa shape index (κ1) is 8.94. The maximum atomic E-state index is 7.08. The predicted octanol–water partition coefficient (Wildman–Crippen LogP) is 1.75. The van der Waals surface area contributed by atoms with Crippen LogP contribution in [0.4, 0.5) is 0 Å². The maximum Gasteiger partial charge on any atom is 0.0250 e. The molecule has 0 radical (unpaired) electrons. The van der Waals surface area contributed by atoms with E-state index in [2.05, 4.69) is 11.0 Å². The number of nitrogens with zero attached hydrogens (tertiary/aromatic N) is 1. The first-order chi connectivity index (χ1) is 5.72. The summed E-state index contributed by atoms with van der Waals surface area (Å²) in [7, 11) is 4.08. The summed E-state index contributed by atoms with van der Waals surface area (Å²) in [6.07, 6.45) is 1.37. The van der Waals surface area contributed by atoms with Gasteiger partial charge in [0.05, 0.1) is 0 Å². The van der Waals surface area contributed by atoms with Crippen molar-refractivity contribution < 1.29 is 0 Å². The molecule has 0 aliphatic heterocycles. The molecule has 0 amide bonds. The highest BCUT2D eigenvalue weighted by atomic mass is 15.0. The summed E-state index contributed by atoms with van der Waals surface area (Å²) in [5, 5.41) is 7.08. The lowest BCUT2D eigenvalue weighted by Gasteiger charge is -2.09. The van der Waals surface area contributed by atoms with Crippen LogP contribution in [0.2, 0.25) is 0 Å². The Balaban J connectivity index is 2.79. The van der Waals surface area contributed by atoms with Gasteiger partial charge in [-0.25, -0.2) is 0 Å². The van der Waals surface area contributed by atoms with Gasteiger partial charge >= 0.3 is 0 Å². The van der Waals surface area contributed by atoms with Crippen LogP contribution in [0.25, 0.3) is 0 Å². The molecule has 0 heterocycles. The molecule has 1 rings (SSSR count). The van der Waals surface area contributed by atoms with Gasteiger partial charge in [0.2, 0.25) is 0 Å². The minimum atomic E-state index is 0.932. The van der Waals surface area contributed by atoms with Crippen molar-refractivity contribution in [2.45, 2.75) is 6.54 Å². The highest BCUT2D eigenvalue weighted by Gasteiger charge is 1.94. The van der Waals surface area contributed by atoms with E-state index in [1.54, 1.807) is 0 Å². The third kappa shape index (κ3) is 2.47. The molecule has 1 N–H and O–H groups in total. The summed E-state index contributed by atoms with van der Waals surface area (Å²) in [6, 6.07) is 8.03. The summed E-state index contributed by atoms with van der Waals surface area (Å²) < 4.78 is 0. The molecule has 64 valence electrons. The Morgan fingerprint density at radius 1 is 1.42 bits per heavy atom. The van der Waals surface area contributed by atoms with Gasteiger partial charge in [0, 0.05) is 12.8 Å². The Bertz CT molecular complexity index is 266. The van der Waals surface area contributed by atoms with Crippen LogP contribution >= 0.6 is 0 Å². The van der Waals surface area contributed by atoms with Crippen LogP contribution in [0, 0.1) is 5.41 Å². The Morgan fingerprint density at radius 2 is 2.17 bits per heavy atom. The topological polar surface area (TPSA) is 27.1 Å². The smallest absolute Gasteiger partial charge is 0.0250 e. The Kier molecular flexibility index (Phi) is 3.00. The van der Waals surface area contributed by atoms with Crippen LogP contribution in [-0.4, -0.2) is 25.2 Å². The zero-order valence-electron chi connectivity index (χ0n) is 7.54. The van der Waals surface area contributed by atoms with Gasteiger partial charge in [-0.2, -0.15) is 0 Å². The van der Waals surface area contributed by atoms with E-state index in [0.717, 1.165) is 12.1 Å². The molecule has 2 heteroatoms. The van der Waals surface area contributed by atoms with Gasteiger partial charge in [0.25, 0.3) is 0 Å². The third-order valence-corrected chi connectivity index (χ3v) is 1.62. The van der Waals surface area contributed by atoms with E-state index in [4.69, 9.17) is 5.41 Å². The molecule has 0 saturated carbocycles. The zero-order chi connectivity index (χ0) is 8.97. The number of nitrogens with one attached hydrogen (secondary N) is 1. The predicted molar refractivity (Wildman–Crippen MR) is 51.7 cm³/mol. The number of hydrogen-bond donors (Lipinski definition) is 1. The number of hydrogen-bond acceptors (Lipinski definition) is 2. The summed E-state index contributed by atoms with van der Waals surface area (Å²) in [6.45, 7) is 0.932. The molecule has 0 aromatic heterocycles. The number of benzene rings is 1. The van der Waals surface area contributed by atoms with Gasteiger partial charge in [0.1, 0.15) is 0 Å². The molecule has 0 aliphatic carbocycles. The van der Waals surface area contributed by atoms with E-state index >= 15 is 0 Å². The molecular weight excluding hydrogens is 148 g/mol. The minimum absolute atomic E-state index is 0.932. The SMILES string of the molecule is CN(C)Cc1cccc(C=N)c1. The first-order valence-electron chi connectivity index (χ1n) is 3.96. The van der Waals surface area contributed by atoms with Crippen LogP contribution in [0.3, 0.4) is 0 Å². The average molecular weight is 162 g/mol. The Morgan fingerprint density at radius 3 is 2.75 bits per heavy atom. The van der Waals surface area contributed by atoms with Crippen molar-refractivity contribution in [1.82, 2.24) is 4.90 Å². The summed E-state index contributed by atoms with van der Waals surface area (Å²) in [4.78, 5) is 2.11. The van der Waals surface area contributed by atoms with E-state index < -0.39 is 0 Å². The van der Waals surface area contributed by atoms with E-state index in [1.165, 1.54) is 11.8 Å². The van der Waals surface area contributed by atoms with Crippen LogP contribution in [0.1, 0.15) is 11.1 Å². The minimum Gasteiger partial charge on any atom is -0.308 e. The van der Waals surface area contributed by atoms with Gasteiger partial charge in [-0.1, -0.05) is 18.2 Å². The van der Waals surface area contributed by atoms with Gasteiger partial charge in [-0.15, -0.1) is 0 Å². The zero-order valence-corrected chi connectivity index (χ0v) is 7.54. The van der Waals surface area contributed by atoms with E-state index in [-0.39, 0.29) is 0 Å². The monoisotopic (exact) mass is 162 g/mol. The van der Waals surface area contributed by atoms with Gasteiger partial charge in [-0.3, -0.25) is 0 Å². The highest BCUT2D eigenvalue weighted by molar-refractivity contribution is 5.77. The molecule has 0 atom stereocenters. The highest BCUT2D eigenvalue weighted by Crippen LogP contribution is 2.04. The fourth-order valence-corrected chi connectivity index (χ4v) is 1.15. The van der Waals surface area contributed by atoms with Crippen molar-refractivity contribution in [3.63, 3.8) is 0 Å². The van der Waals surface area contributed by atoms with Crippen molar-refractivity contribution in [3.05, 3.63) is 35.4 Å². The molecule has 0 aliphatic rings. The van der Waals surface area contributed by atoms with Crippen molar-refractivity contribution in [1.29, 1.82) is 5.41 Å². The largest absolute Gasteiger partial charge is 0.308 e. The summed E-state index contributed by atoms with van der Waals surface area (Å²) >= 11 is 0. The Hall–Kier alpha value is -1.15. The van der Waals surface area contributed by atoms with Crippen molar-refractivity contribution in [2.75, 3.05) is 14.1 Å². The molecular formula is C10H14N2. The van der Waals surface area contributed by atoms with Crippen LogP contribution in [0.5, 0.6) is 0 Å². The second-order valence-electron chi connectivity index (χ2n) is 3.13. The maximum absolute atomic E-state index is 7.08. The van der Waals surface area contributed by atoms with Gasteiger partial charge in [-0.05, 0) is 31.3 Å². The quantitative estimate of drug-likeness (QED) is 0.673. The van der Waals surface area contributed by atoms with E-state index in [9.17, 15) is 0 Å². The Labute approximate surface area is 73.3 Å². The molecule has 0 spiro atoms. The van der Waals surface area contributed by atoms with E-state index in [0.29, 0.717) is 0 Å². The third-order valence-electron chi connectivity index (χ3n) is 1.62. The molecule has 0 saturated heterocycles. The first-order valence-corrected chi connectivity index (χ1v) is 3.96. The standard InChI is InChI=1S/C10H14N2/c1-12(2)8-10-5-3-4-9(6-10)7-11/h3-7,11H,8H2,1-2H3. The van der Waals surface area contributed by atoms with Crippen LogP contribution in [0.15, 0.2) is 24.3 Å². The fourth-order valence-electron chi connectivity index (χ4n) is 1.15. The fraction of sp³-hybridized carbons (Fsp3) is 0.300. The lowest BCUT2D eigenvalue weighted by atomic mass is 10.1. The molecule has 12 heavy (non-hydrogen) atoms. The normalized spacial score (nSPS) is 10.2. The van der Waals surface area contributed by atoms with Crippen molar-refractivity contribution >= 4 is 6.21 Å². The average Bonchev–Trinajstić information content (AvgIpc) is 2.03.